The molecule has 5 aromatic rings. The molecular formula is C47H53FN10O5. The van der Waals surface area contributed by atoms with Crippen molar-refractivity contribution in [3.63, 3.8) is 0 Å². The van der Waals surface area contributed by atoms with E-state index < -0.39 is 11.7 Å². The first-order valence-corrected chi connectivity index (χ1v) is 22.3. The molecule has 16 heteroatoms. The van der Waals surface area contributed by atoms with Gasteiger partial charge in [-0.2, -0.15) is 0 Å². The second-order valence-electron chi connectivity index (χ2n) is 17.8. The number of pyridine rings is 1. The van der Waals surface area contributed by atoms with Gasteiger partial charge < -0.3 is 34.8 Å². The second kappa shape index (κ2) is 16.9. The Bertz CT molecular complexity index is 2530. The van der Waals surface area contributed by atoms with Crippen molar-refractivity contribution in [2.75, 3.05) is 74.5 Å². The van der Waals surface area contributed by atoms with Crippen LogP contribution in [0.3, 0.4) is 0 Å². The molecule has 15 nitrogen and oxygen atoms in total. The number of ether oxygens (including phenoxy) is 1. The van der Waals surface area contributed by atoms with E-state index in [-0.39, 0.29) is 30.1 Å². The highest BCUT2D eigenvalue weighted by Crippen LogP contribution is 2.42. The highest BCUT2D eigenvalue weighted by Gasteiger charge is 2.39. The fraction of sp³-hybridized carbons (Fsp3) is 0.447. The third-order valence-corrected chi connectivity index (χ3v) is 13.9. The Morgan fingerprint density at radius 3 is 2.46 bits per heavy atom. The number of hydrogen-bond acceptors (Lipinski definition) is 11. The van der Waals surface area contributed by atoms with Crippen LogP contribution in [0.4, 0.5) is 26.4 Å². The molecule has 2 aromatic carbocycles. The average molecular weight is 857 g/mol. The molecule has 4 amide bonds. The summed E-state index contributed by atoms with van der Waals surface area (Å²) in [6.07, 6.45) is 9.83. The summed E-state index contributed by atoms with van der Waals surface area (Å²) >= 11 is 0. The van der Waals surface area contributed by atoms with Crippen molar-refractivity contribution in [2.45, 2.75) is 75.1 Å². The zero-order valence-corrected chi connectivity index (χ0v) is 35.3. The minimum absolute atomic E-state index is 0.0981. The van der Waals surface area contributed by atoms with Crippen LogP contribution in [0.1, 0.15) is 90.9 Å². The van der Waals surface area contributed by atoms with Crippen molar-refractivity contribution in [1.82, 2.24) is 34.9 Å². The number of anilines is 3. The van der Waals surface area contributed by atoms with Crippen molar-refractivity contribution in [2.24, 2.45) is 0 Å². The summed E-state index contributed by atoms with van der Waals surface area (Å²) in [5.74, 6) is 0.345. The molecule has 10 rings (SSSR count). The molecule has 7 heterocycles. The lowest BCUT2D eigenvalue weighted by atomic mass is 9.88. The average Bonchev–Trinajstić information content (AvgIpc) is 3.64. The van der Waals surface area contributed by atoms with Gasteiger partial charge in [0.2, 0.25) is 5.91 Å². The van der Waals surface area contributed by atoms with E-state index in [1.807, 2.05) is 42.5 Å². The molecule has 0 unspecified atom stereocenters. The fourth-order valence-electron chi connectivity index (χ4n) is 10.00. The van der Waals surface area contributed by atoms with Gasteiger partial charge in [0.15, 0.2) is 5.82 Å². The van der Waals surface area contributed by atoms with Crippen LogP contribution < -0.4 is 20.9 Å². The van der Waals surface area contributed by atoms with E-state index >= 15 is 4.39 Å². The van der Waals surface area contributed by atoms with Crippen molar-refractivity contribution < 1.29 is 28.6 Å². The van der Waals surface area contributed by atoms with Gasteiger partial charge >= 0.3 is 6.03 Å². The number of aromatic hydroxyl groups is 1. The lowest BCUT2D eigenvalue weighted by molar-refractivity contribution is -0.120. The number of alkyl halides is 1. The van der Waals surface area contributed by atoms with Gasteiger partial charge in [0.25, 0.3) is 5.91 Å². The number of urea groups is 1. The molecule has 4 aliphatic heterocycles. The molecule has 5 fully saturated rings. The lowest BCUT2D eigenvalue weighted by Gasteiger charge is -2.41. The monoisotopic (exact) mass is 856 g/mol. The first-order valence-electron chi connectivity index (χ1n) is 22.3. The summed E-state index contributed by atoms with van der Waals surface area (Å²) < 4.78 is 25.0. The minimum atomic E-state index is -1.36. The summed E-state index contributed by atoms with van der Waals surface area (Å²) in [4.78, 5) is 50.7. The maximum Gasteiger partial charge on any atom is 0.328 e. The van der Waals surface area contributed by atoms with Gasteiger partial charge in [0.1, 0.15) is 17.5 Å². The number of carbonyl (C=O) groups excluding carboxylic acids is 3. The number of rotatable bonds is 9. The number of aromatic nitrogens is 4. The van der Waals surface area contributed by atoms with Crippen LogP contribution in [0.2, 0.25) is 0 Å². The molecule has 328 valence electrons. The molecule has 0 spiro atoms. The molecule has 63 heavy (non-hydrogen) atoms. The third-order valence-electron chi connectivity index (χ3n) is 13.9. The first kappa shape index (κ1) is 40.9. The molecule has 3 aromatic heterocycles. The topological polar surface area (TPSA) is 175 Å². The molecule has 0 bridgehead atoms. The maximum absolute atomic E-state index is 16.5. The number of amides is 4. The predicted molar refractivity (Wildman–Crippen MR) is 236 cm³/mol. The molecule has 0 radical (unpaired) electrons. The van der Waals surface area contributed by atoms with Crippen LogP contribution in [0.25, 0.3) is 22.3 Å². The predicted octanol–water partition coefficient (Wildman–Crippen LogP) is 6.35. The Morgan fingerprint density at radius 2 is 1.73 bits per heavy atom. The van der Waals surface area contributed by atoms with Crippen molar-refractivity contribution >= 4 is 46.1 Å². The quantitative estimate of drug-likeness (QED) is 0.151. The summed E-state index contributed by atoms with van der Waals surface area (Å²) in [6.45, 7) is 4.58. The van der Waals surface area contributed by atoms with Crippen LogP contribution in [0.5, 0.6) is 5.75 Å². The lowest BCUT2D eigenvalue weighted by Crippen LogP contribution is -2.51. The number of nitrogen functional groups attached to an aromatic ring is 1. The molecule has 4 N–H and O–H groups in total. The van der Waals surface area contributed by atoms with Crippen LogP contribution >= 0.6 is 0 Å². The summed E-state index contributed by atoms with van der Waals surface area (Å²) in [6, 6.07) is 18.4. The van der Waals surface area contributed by atoms with E-state index in [9.17, 15) is 19.5 Å². The number of carbonyl (C=O) groups is 3. The number of nitrogens with zero attached hydrogens (tertiary/aromatic N) is 8. The first-order chi connectivity index (χ1) is 30.6. The van der Waals surface area contributed by atoms with Crippen LogP contribution in [-0.2, 0) is 9.53 Å². The number of morpholine rings is 1. The highest BCUT2D eigenvalue weighted by molar-refractivity contribution is 6.06. The zero-order valence-electron chi connectivity index (χ0n) is 35.3. The normalized spacial score (nSPS) is 21.4. The number of hydrogen-bond donors (Lipinski definition) is 3. The van der Waals surface area contributed by atoms with Gasteiger partial charge in [-0.25, -0.2) is 9.18 Å². The molecular weight excluding hydrogens is 804 g/mol. The van der Waals surface area contributed by atoms with Gasteiger partial charge in [-0.05, 0) is 98.6 Å². The minimum Gasteiger partial charge on any atom is -0.507 e. The number of imide groups is 1. The van der Waals surface area contributed by atoms with E-state index in [1.54, 1.807) is 34.2 Å². The summed E-state index contributed by atoms with van der Waals surface area (Å²) in [5, 5.41) is 21.2. The summed E-state index contributed by atoms with van der Waals surface area (Å²) in [7, 11) is 0. The van der Waals surface area contributed by atoms with Crippen molar-refractivity contribution in [3.05, 3.63) is 89.7 Å². The van der Waals surface area contributed by atoms with Gasteiger partial charge in [-0.1, -0.05) is 24.3 Å². The zero-order chi connectivity index (χ0) is 43.2. The fourth-order valence-corrected chi connectivity index (χ4v) is 10.00. The van der Waals surface area contributed by atoms with Crippen molar-refractivity contribution in [1.29, 1.82) is 0 Å². The Kier molecular flexibility index (Phi) is 11.0. The number of benzene rings is 2. The van der Waals surface area contributed by atoms with Gasteiger partial charge in [0.05, 0.1) is 40.9 Å². The Labute approximate surface area is 365 Å². The molecule has 4 saturated heterocycles. The van der Waals surface area contributed by atoms with Gasteiger partial charge in [-0.3, -0.25) is 24.8 Å². The van der Waals surface area contributed by atoms with E-state index in [0.717, 1.165) is 55.4 Å². The molecule has 5 aliphatic rings. The Balaban J connectivity index is 0.730. The number of likely N-dealkylation sites (tertiary alicyclic amines) is 2. The molecule has 1 atom stereocenters. The van der Waals surface area contributed by atoms with E-state index in [4.69, 9.17) is 15.5 Å². The third kappa shape index (κ3) is 8.17. The molecule has 1 saturated carbocycles. The largest absolute Gasteiger partial charge is 0.507 e. The number of piperidine rings is 2. The molecule has 1 aliphatic carbocycles. The van der Waals surface area contributed by atoms with Gasteiger partial charge in [-0.15, -0.1) is 10.2 Å². The summed E-state index contributed by atoms with van der Waals surface area (Å²) in [5.41, 5.74) is 12.1. The number of phenolic OH excluding ortho intramolecular Hbond substituents is 1. The van der Waals surface area contributed by atoms with E-state index in [2.05, 4.69) is 36.1 Å². The standard InChI is InChI=1S/C47H53FN10O5/c48-47(29-54-17-12-30(13-18-54)36-27-58(33-4-3-5-33)38-24-34(26-50-43(36)38)57-19-14-42(60)51-46(57)62)15-20-55(21-16-47)45(61)32-10-8-31(9-11-32)41-28-56(22-23-63-41)39-25-37(52-53-44(39)49)35-6-1-2-7-40(35)59/h1-2,6-11,24-27,30,33,41,59H,3-5,12-23,28-29H2,(H2,49,53)(H,51,60,62)/t41-/m0/s1. The number of nitrogens with one attached hydrogen (secondary N) is 1. The van der Waals surface area contributed by atoms with Crippen LogP contribution in [0.15, 0.2) is 73.1 Å². The van der Waals surface area contributed by atoms with E-state index in [0.29, 0.717) is 105 Å². The highest BCUT2D eigenvalue weighted by atomic mass is 19.1. The van der Waals surface area contributed by atoms with Gasteiger partial charge in [0, 0.05) is 81.9 Å². The maximum atomic E-state index is 16.5. The Morgan fingerprint density at radius 1 is 0.952 bits per heavy atom. The van der Waals surface area contributed by atoms with E-state index in [1.165, 1.54) is 12.0 Å². The number of halogens is 1. The number of para-hydroxylation sites is 1. The number of phenols is 1. The number of nitrogens with two attached hydrogens (primary N) is 1. The second-order valence-corrected chi connectivity index (χ2v) is 17.8. The number of fused-ring (bicyclic) bond motifs is 1. The SMILES string of the molecule is Nc1nnc(-c2ccccc2O)cc1N1CCO[C@H](c2ccc(C(=O)N3CCC(F)(CN4CCC(c5cn(C6CCC6)c6cc(N7CCC(=O)NC7=O)cnc56)CC4)CC3)cc2)C1. The smallest absolute Gasteiger partial charge is 0.328 e. The van der Waals surface area contributed by atoms with Crippen LogP contribution in [0, 0.1) is 0 Å². The Hall–Kier alpha value is -6.13. The van der Waals surface area contributed by atoms with Crippen LogP contribution in [-0.4, -0.2) is 117 Å². The van der Waals surface area contributed by atoms with Crippen molar-refractivity contribution in [3.8, 4) is 17.0 Å².